The second kappa shape index (κ2) is 13.1. The summed E-state index contributed by atoms with van der Waals surface area (Å²) in [4.78, 5) is 2.32. The van der Waals surface area contributed by atoms with E-state index in [1.807, 2.05) is 12.1 Å². The predicted octanol–water partition coefficient (Wildman–Crippen LogP) is 15.3. The van der Waals surface area contributed by atoms with E-state index in [4.69, 9.17) is 0 Å². The van der Waals surface area contributed by atoms with Crippen LogP contribution in [0.1, 0.15) is 30.5 Å². The molecule has 11 rings (SSSR count). The Morgan fingerprint density at radius 2 is 0.931 bits per heavy atom. The lowest BCUT2D eigenvalue weighted by atomic mass is 9.82. The lowest BCUT2D eigenvalue weighted by Gasteiger charge is -2.28. The van der Waals surface area contributed by atoms with Crippen LogP contribution in [-0.4, -0.2) is 0 Å². The second-order valence-corrected chi connectivity index (χ2v) is 16.0. The molecule has 0 aliphatic heterocycles. The molecule has 0 saturated heterocycles. The molecule has 1 aliphatic carbocycles. The van der Waals surface area contributed by atoms with Crippen LogP contribution < -0.4 is 4.90 Å². The molecule has 0 bridgehead atoms. The van der Waals surface area contributed by atoms with Gasteiger partial charge in [0.05, 0.1) is 11.6 Å². The molecule has 10 aromatic carbocycles. The summed E-state index contributed by atoms with van der Waals surface area (Å²) >= 11 is 0. The van der Waals surface area contributed by atoms with E-state index in [-0.39, 0.29) is 5.41 Å². The van der Waals surface area contributed by atoms with Crippen molar-refractivity contribution in [3.05, 3.63) is 211 Å². The van der Waals surface area contributed by atoms with E-state index in [1.165, 1.54) is 82.2 Å². The standard InChI is InChI=1S/C56H38N2/c1-56(2)52-21-10-9-15-45(52)46-31-30-43(34-53(46)56)58(41-27-22-36(35-57)23-28-41)42-29-26-38-32-40(25-24-39(38)33-42)54-48-16-5-7-18-50(48)55(51-19-8-6-17-49(51)54)47-20-11-13-37-12-3-4-14-44(37)47/h3-34H,1-2H3. The van der Waals surface area contributed by atoms with E-state index in [0.717, 1.165) is 22.4 Å². The van der Waals surface area contributed by atoms with Crippen LogP contribution in [0.3, 0.4) is 0 Å². The Balaban J connectivity index is 1.07. The van der Waals surface area contributed by atoms with Gasteiger partial charge in [0.1, 0.15) is 0 Å². The number of nitrogens with zero attached hydrogens (tertiary/aromatic N) is 2. The quantitative estimate of drug-likeness (QED) is 0.164. The van der Waals surface area contributed by atoms with E-state index in [0.29, 0.717) is 5.56 Å². The second-order valence-electron chi connectivity index (χ2n) is 16.0. The van der Waals surface area contributed by atoms with E-state index in [9.17, 15) is 5.26 Å². The lowest BCUT2D eigenvalue weighted by molar-refractivity contribution is 0.660. The number of hydrogen-bond acceptors (Lipinski definition) is 2. The molecule has 1 aliphatic rings. The molecule has 0 radical (unpaired) electrons. The maximum Gasteiger partial charge on any atom is 0.0991 e. The van der Waals surface area contributed by atoms with Gasteiger partial charge in [-0.05, 0) is 142 Å². The Labute approximate surface area is 338 Å². The van der Waals surface area contributed by atoms with Gasteiger partial charge in [0.25, 0.3) is 0 Å². The molecule has 0 fully saturated rings. The molecule has 0 N–H and O–H groups in total. The van der Waals surface area contributed by atoms with Crippen LogP contribution in [0.4, 0.5) is 17.1 Å². The highest BCUT2D eigenvalue weighted by atomic mass is 15.1. The number of rotatable bonds is 5. The van der Waals surface area contributed by atoms with E-state index in [2.05, 4.69) is 207 Å². The molecule has 0 atom stereocenters. The highest BCUT2D eigenvalue weighted by Crippen LogP contribution is 2.51. The van der Waals surface area contributed by atoms with Crippen LogP contribution in [-0.2, 0) is 5.41 Å². The van der Waals surface area contributed by atoms with Crippen molar-refractivity contribution in [1.29, 1.82) is 5.26 Å². The molecule has 0 unspecified atom stereocenters. The van der Waals surface area contributed by atoms with Gasteiger partial charge >= 0.3 is 0 Å². The average molecular weight is 739 g/mol. The van der Waals surface area contributed by atoms with Gasteiger partial charge in [0.2, 0.25) is 0 Å². The summed E-state index contributed by atoms with van der Waals surface area (Å²) in [5, 5.41) is 19.5. The molecular formula is C56H38N2. The molecule has 0 aromatic heterocycles. The van der Waals surface area contributed by atoms with Crippen molar-refractivity contribution in [2.75, 3.05) is 4.90 Å². The third-order valence-corrected chi connectivity index (χ3v) is 12.4. The van der Waals surface area contributed by atoms with Crippen molar-refractivity contribution >= 4 is 60.2 Å². The minimum absolute atomic E-state index is 0.126. The fraction of sp³-hybridized carbons (Fsp3) is 0.0536. The van der Waals surface area contributed by atoms with Gasteiger partial charge in [0.15, 0.2) is 0 Å². The molecule has 2 heteroatoms. The average Bonchev–Trinajstić information content (AvgIpc) is 3.50. The zero-order chi connectivity index (χ0) is 39.0. The van der Waals surface area contributed by atoms with E-state index >= 15 is 0 Å². The highest BCUT2D eigenvalue weighted by Gasteiger charge is 2.35. The fourth-order valence-electron chi connectivity index (χ4n) is 9.66. The van der Waals surface area contributed by atoms with Gasteiger partial charge in [-0.2, -0.15) is 5.26 Å². The molecular weight excluding hydrogens is 701 g/mol. The summed E-state index contributed by atoms with van der Waals surface area (Å²) in [6.07, 6.45) is 0. The van der Waals surface area contributed by atoms with Gasteiger partial charge in [-0.15, -0.1) is 0 Å². The Kier molecular flexibility index (Phi) is 7.61. The molecule has 2 nitrogen and oxygen atoms in total. The van der Waals surface area contributed by atoms with Crippen LogP contribution in [0, 0.1) is 11.3 Å². The third kappa shape index (κ3) is 5.18. The SMILES string of the molecule is CC1(C)c2ccccc2-c2ccc(N(c3ccc(C#N)cc3)c3ccc4cc(-c5c6ccccc6c(-c6cccc7ccccc67)c6ccccc56)ccc4c3)cc21. The smallest absolute Gasteiger partial charge is 0.0991 e. The summed E-state index contributed by atoms with van der Waals surface area (Å²) in [7, 11) is 0. The Morgan fingerprint density at radius 1 is 0.397 bits per heavy atom. The highest BCUT2D eigenvalue weighted by molar-refractivity contribution is 6.23. The van der Waals surface area contributed by atoms with Gasteiger partial charge in [-0.3, -0.25) is 0 Å². The number of hydrogen-bond donors (Lipinski definition) is 0. The monoisotopic (exact) mass is 738 g/mol. The molecule has 58 heavy (non-hydrogen) atoms. The number of nitriles is 1. The molecule has 0 amide bonds. The van der Waals surface area contributed by atoms with Crippen LogP contribution in [0.15, 0.2) is 194 Å². The molecule has 0 spiro atoms. The van der Waals surface area contributed by atoms with Crippen LogP contribution in [0.5, 0.6) is 0 Å². The minimum atomic E-state index is -0.126. The third-order valence-electron chi connectivity index (χ3n) is 12.4. The van der Waals surface area contributed by atoms with Gasteiger partial charge in [-0.1, -0.05) is 153 Å². The number of benzene rings is 10. The fourth-order valence-corrected chi connectivity index (χ4v) is 9.66. The van der Waals surface area contributed by atoms with Crippen molar-refractivity contribution in [1.82, 2.24) is 0 Å². The van der Waals surface area contributed by atoms with Crippen molar-refractivity contribution in [2.45, 2.75) is 19.3 Å². The summed E-state index contributed by atoms with van der Waals surface area (Å²) in [6.45, 7) is 4.65. The van der Waals surface area contributed by atoms with Crippen molar-refractivity contribution < 1.29 is 0 Å². The molecule has 0 heterocycles. The van der Waals surface area contributed by atoms with Crippen LogP contribution in [0.2, 0.25) is 0 Å². The predicted molar refractivity (Wildman–Crippen MR) is 244 cm³/mol. The summed E-state index contributed by atoms with van der Waals surface area (Å²) < 4.78 is 0. The largest absolute Gasteiger partial charge is 0.310 e. The lowest BCUT2D eigenvalue weighted by Crippen LogP contribution is -2.16. The first-order valence-electron chi connectivity index (χ1n) is 20.0. The maximum atomic E-state index is 9.63. The Bertz CT molecular complexity index is 3270. The van der Waals surface area contributed by atoms with E-state index in [1.54, 1.807) is 0 Å². The van der Waals surface area contributed by atoms with Crippen LogP contribution >= 0.6 is 0 Å². The normalized spacial score (nSPS) is 12.8. The van der Waals surface area contributed by atoms with Crippen molar-refractivity contribution in [3.8, 4) is 39.4 Å². The first-order valence-corrected chi connectivity index (χ1v) is 20.0. The summed E-state index contributed by atoms with van der Waals surface area (Å²) in [6, 6.07) is 72.7. The van der Waals surface area contributed by atoms with Crippen molar-refractivity contribution in [2.24, 2.45) is 0 Å². The summed E-state index contributed by atoms with van der Waals surface area (Å²) in [5.74, 6) is 0. The molecule has 272 valence electrons. The first kappa shape index (κ1) is 33.8. The van der Waals surface area contributed by atoms with Gasteiger partial charge < -0.3 is 4.90 Å². The van der Waals surface area contributed by atoms with Gasteiger partial charge in [-0.25, -0.2) is 0 Å². The Morgan fingerprint density at radius 3 is 1.67 bits per heavy atom. The van der Waals surface area contributed by atoms with Crippen molar-refractivity contribution in [3.63, 3.8) is 0 Å². The maximum absolute atomic E-state index is 9.63. The minimum Gasteiger partial charge on any atom is -0.310 e. The van der Waals surface area contributed by atoms with Crippen LogP contribution in [0.25, 0.3) is 76.5 Å². The zero-order valence-electron chi connectivity index (χ0n) is 32.4. The van der Waals surface area contributed by atoms with Gasteiger partial charge in [0, 0.05) is 22.5 Å². The summed E-state index contributed by atoms with van der Waals surface area (Å²) in [5.41, 5.74) is 13.9. The topological polar surface area (TPSA) is 27.0 Å². The number of anilines is 3. The van der Waals surface area contributed by atoms with E-state index < -0.39 is 0 Å². The number of fused-ring (bicyclic) bond motifs is 7. The first-order chi connectivity index (χ1) is 28.5. The molecule has 10 aromatic rings. The Hall–Kier alpha value is -7.47. The zero-order valence-corrected chi connectivity index (χ0v) is 32.4. The molecule has 0 saturated carbocycles.